The molecule has 0 radical (unpaired) electrons. The second-order valence-electron chi connectivity index (χ2n) is 9.70. The third-order valence-electron chi connectivity index (χ3n) is 7.35. The molecule has 5 nitrogen and oxygen atoms in total. The Bertz CT molecular complexity index is 1010. The molecule has 2 aliphatic heterocycles. The fourth-order valence-corrected chi connectivity index (χ4v) is 5.70. The second kappa shape index (κ2) is 9.37. The zero-order valence-electron chi connectivity index (χ0n) is 18.6. The number of anilines is 1. The monoisotopic (exact) mass is 482 g/mol. The van der Waals surface area contributed by atoms with Gasteiger partial charge in [0.1, 0.15) is 5.56 Å². The standard InChI is InChI=1S/C24H27F5N4O/c25-20-3-1-2-18(22(20)26)21-10-19(24(27,28)29)23(32-31-21)30-17-8-15-12-33(13-16(15)9-17)11-14-4-6-34-7-5-14/h1-3,10,14-17H,4-9,11-13H2,(H,30,32)/t15-,16+,17-. The normalized spacial score (nSPS) is 26.1. The zero-order chi connectivity index (χ0) is 23.9. The number of rotatable bonds is 5. The lowest BCUT2D eigenvalue weighted by atomic mass is 10.00. The number of hydrogen-bond acceptors (Lipinski definition) is 5. The SMILES string of the molecule is Fc1cccc(-c2cc(C(F)(F)F)c(N[C@@H]3C[C@@H]4CN(CC5CCOCC5)C[C@@H]4C3)nn2)c1F. The number of benzene rings is 1. The van der Waals surface area contributed by atoms with Crippen molar-refractivity contribution in [3.8, 4) is 11.3 Å². The number of halogens is 5. The van der Waals surface area contributed by atoms with Crippen LogP contribution < -0.4 is 5.32 Å². The summed E-state index contributed by atoms with van der Waals surface area (Å²) in [6.07, 6.45) is -0.997. The van der Waals surface area contributed by atoms with Crippen molar-refractivity contribution in [2.75, 3.05) is 38.2 Å². The maximum absolute atomic E-state index is 14.1. The summed E-state index contributed by atoms with van der Waals surface area (Å²) in [5, 5.41) is 10.5. The average Bonchev–Trinajstić information content (AvgIpc) is 3.34. The number of aromatic nitrogens is 2. The summed E-state index contributed by atoms with van der Waals surface area (Å²) in [6, 6.07) is 3.90. The number of nitrogens with one attached hydrogen (secondary N) is 1. The summed E-state index contributed by atoms with van der Waals surface area (Å²) < 4.78 is 74.5. The number of nitrogens with zero attached hydrogens (tertiary/aromatic N) is 3. The van der Waals surface area contributed by atoms with E-state index in [0.29, 0.717) is 17.8 Å². The van der Waals surface area contributed by atoms with E-state index in [1.807, 2.05) is 0 Å². The minimum absolute atomic E-state index is 0.132. The highest BCUT2D eigenvalue weighted by atomic mass is 19.4. The van der Waals surface area contributed by atoms with E-state index in [9.17, 15) is 22.0 Å². The fraction of sp³-hybridized carbons (Fsp3) is 0.583. The summed E-state index contributed by atoms with van der Waals surface area (Å²) in [6.45, 7) is 4.65. The Hall–Kier alpha value is -2.33. The molecule has 5 rings (SSSR count). The Balaban J connectivity index is 1.26. The van der Waals surface area contributed by atoms with Crippen molar-refractivity contribution in [2.45, 2.75) is 37.9 Å². The molecule has 10 heteroatoms. The van der Waals surface area contributed by atoms with E-state index in [1.54, 1.807) is 0 Å². The summed E-state index contributed by atoms with van der Waals surface area (Å²) in [7, 11) is 0. The van der Waals surface area contributed by atoms with Gasteiger partial charge in [-0.1, -0.05) is 6.07 Å². The molecule has 2 aromatic rings. The predicted molar refractivity (Wildman–Crippen MR) is 116 cm³/mol. The lowest BCUT2D eigenvalue weighted by Gasteiger charge is -2.28. The van der Waals surface area contributed by atoms with Gasteiger partial charge in [0.05, 0.1) is 5.69 Å². The second-order valence-corrected chi connectivity index (χ2v) is 9.70. The molecule has 1 aromatic heterocycles. The van der Waals surface area contributed by atoms with Gasteiger partial charge in [0.15, 0.2) is 17.5 Å². The van der Waals surface area contributed by atoms with E-state index in [2.05, 4.69) is 20.4 Å². The van der Waals surface area contributed by atoms with Crippen molar-refractivity contribution < 1.29 is 26.7 Å². The number of fused-ring (bicyclic) bond motifs is 1. The van der Waals surface area contributed by atoms with Crippen molar-refractivity contribution in [3.63, 3.8) is 0 Å². The molecule has 1 N–H and O–H groups in total. The minimum atomic E-state index is -4.72. The maximum Gasteiger partial charge on any atom is 0.420 e. The van der Waals surface area contributed by atoms with Crippen LogP contribution in [-0.2, 0) is 10.9 Å². The van der Waals surface area contributed by atoms with E-state index in [1.165, 1.54) is 12.1 Å². The van der Waals surface area contributed by atoms with Crippen molar-refractivity contribution in [1.82, 2.24) is 15.1 Å². The van der Waals surface area contributed by atoms with Crippen LogP contribution in [0.15, 0.2) is 24.3 Å². The first-order valence-electron chi connectivity index (χ1n) is 11.7. The van der Waals surface area contributed by atoms with Crippen molar-refractivity contribution >= 4 is 5.82 Å². The number of ether oxygens (including phenoxy) is 1. The van der Waals surface area contributed by atoms with Crippen LogP contribution in [0.5, 0.6) is 0 Å². The summed E-state index contributed by atoms with van der Waals surface area (Å²) in [5.41, 5.74) is -1.74. The van der Waals surface area contributed by atoms with Gasteiger partial charge in [0, 0.05) is 44.5 Å². The summed E-state index contributed by atoms with van der Waals surface area (Å²) >= 11 is 0. The fourth-order valence-electron chi connectivity index (χ4n) is 5.70. The van der Waals surface area contributed by atoms with Crippen LogP contribution >= 0.6 is 0 Å². The Morgan fingerprint density at radius 3 is 2.41 bits per heavy atom. The molecule has 3 fully saturated rings. The quantitative estimate of drug-likeness (QED) is 0.609. The molecule has 0 amide bonds. The van der Waals surface area contributed by atoms with Crippen LogP contribution in [0.25, 0.3) is 11.3 Å². The molecule has 1 aromatic carbocycles. The van der Waals surface area contributed by atoms with Crippen LogP contribution in [0.3, 0.4) is 0 Å². The molecule has 1 saturated carbocycles. The van der Waals surface area contributed by atoms with Crippen molar-refractivity contribution in [2.24, 2.45) is 17.8 Å². The minimum Gasteiger partial charge on any atom is -0.381 e. The molecule has 0 unspecified atom stereocenters. The first kappa shape index (κ1) is 23.4. The average molecular weight is 482 g/mol. The number of likely N-dealkylation sites (tertiary alicyclic amines) is 1. The molecule has 0 bridgehead atoms. The first-order chi connectivity index (χ1) is 16.3. The van der Waals surface area contributed by atoms with Crippen LogP contribution in [0.2, 0.25) is 0 Å². The van der Waals surface area contributed by atoms with Gasteiger partial charge in [0.25, 0.3) is 0 Å². The molecule has 2 saturated heterocycles. The lowest BCUT2D eigenvalue weighted by molar-refractivity contribution is -0.137. The van der Waals surface area contributed by atoms with Gasteiger partial charge in [-0.2, -0.15) is 13.2 Å². The molecule has 34 heavy (non-hydrogen) atoms. The topological polar surface area (TPSA) is 50.3 Å². The Kier molecular flexibility index (Phi) is 6.45. The smallest absolute Gasteiger partial charge is 0.381 e. The van der Waals surface area contributed by atoms with Gasteiger partial charge in [0.2, 0.25) is 0 Å². The van der Waals surface area contributed by atoms with E-state index < -0.39 is 23.4 Å². The molecule has 3 aliphatic rings. The van der Waals surface area contributed by atoms with Gasteiger partial charge < -0.3 is 15.0 Å². The van der Waals surface area contributed by atoms with Crippen molar-refractivity contribution in [1.29, 1.82) is 0 Å². The highest BCUT2D eigenvalue weighted by Gasteiger charge is 2.43. The van der Waals surface area contributed by atoms with Gasteiger partial charge in [-0.3, -0.25) is 0 Å². The van der Waals surface area contributed by atoms with E-state index >= 15 is 0 Å². The highest BCUT2D eigenvalue weighted by Crippen LogP contribution is 2.42. The van der Waals surface area contributed by atoms with Gasteiger partial charge in [-0.25, -0.2) is 8.78 Å². The summed E-state index contributed by atoms with van der Waals surface area (Å²) in [4.78, 5) is 2.49. The Morgan fingerprint density at radius 2 is 1.74 bits per heavy atom. The van der Waals surface area contributed by atoms with Crippen LogP contribution in [0, 0.1) is 29.4 Å². The lowest BCUT2D eigenvalue weighted by Crippen LogP contribution is -2.32. The van der Waals surface area contributed by atoms with Gasteiger partial charge in [-0.15, -0.1) is 10.2 Å². The van der Waals surface area contributed by atoms with Gasteiger partial charge >= 0.3 is 6.18 Å². The van der Waals surface area contributed by atoms with Gasteiger partial charge in [-0.05, 0) is 61.6 Å². The van der Waals surface area contributed by atoms with E-state index in [0.717, 1.165) is 70.7 Å². The third kappa shape index (κ3) is 4.88. The first-order valence-corrected chi connectivity index (χ1v) is 11.7. The van der Waals surface area contributed by atoms with Crippen LogP contribution in [0.4, 0.5) is 27.8 Å². The number of alkyl halides is 3. The molecule has 184 valence electrons. The van der Waals surface area contributed by atoms with E-state index in [4.69, 9.17) is 4.74 Å². The molecular formula is C24H27F5N4O. The Labute approximate surface area is 194 Å². The van der Waals surface area contributed by atoms with Crippen molar-refractivity contribution in [3.05, 3.63) is 41.5 Å². The van der Waals surface area contributed by atoms with E-state index in [-0.39, 0.29) is 23.1 Å². The van der Waals surface area contributed by atoms with Crippen LogP contribution in [0.1, 0.15) is 31.2 Å². The summed E-state index contributed by atoms with van der Waals surface area (Å²) in [5.74, 6) is -1.22. The number of hydrogen-bond donors (Lipinski definition) is 1. The van der Waals surface area contributed by atoms with Crippen LogP contribution in [-0.4, -0.2) is 54.0 Å². The molecule has 3 heterocycles. The molecule has 0 spiro atoms. The zero-order valence-corrected chi connectivity index (χ0v) is 18.6. The molecule has 1 aliphatic carbocycles. The third-order valence-corrected chi connectivity index (χ3v) is 7.35. The highest BCUT2D eigenvalue weighted by molar-refractivity contribution is 5.63. The Morgan fingerprint density at radius 1 is 1.03 bits per heavy atom. The largest absolute Gasteiger partial charge is 0.420 e. The maximum atomic E-state index is 14.1. The predicted octanol–water partition coefficient (Wildman–Crippen LogP) is 4.99. The molecule has 3 atom stereocenters. The molecular weight excluding hydrogens is 455 g/mol.